The van der Waals surface area contributed by atoms with Crippen LogP contribution in [-0.2, 0) is 9.59 Å². The van der Waals surface area contributed by atoms with Crippen molar-refractivity contribution in [1.82, 2.24) is 9.80 Å². The monoisotopic (exact) mass is 858 g/mol. The first-order valence-corrected chi connectivity index (χ1v) is 19.8. The van der Waals surface area contributed by atoms with Gasteiger partial charge in [0.1, 0.15) is 70.8 Å². The fraction of sp³-hybridized carbons (Fsp3) is 0.115. The predicted molar refractivity (Wildman–Crippen MR) is 246 cm³/mol. The number of carbonyl (C=O) groups is 2. The second-order valence-electron chi connectivity index (χ2n) is 15.1. The maximum absolute atomic E-state index is 14.2. The summed E-state index contributed by atoms with van der Waals surface area (Å²) in [5.74, 6) is -0.958. The van der Waals surface area contributed by atoms with Crippen LogP contribution >= 0.6 is 0 Å². The van der Waals surface area contributed by atoms with Gasteiger partial charge < -0.3 is 19.6 Å². The standard InChI is InChI=1S/C52H34N12O2/c1-61(2)41-19-15-33(16-20-41)45(39(27-57)28-58)43(37(23-53)24-54)31-7-11-35(12-8-31)49-47-48(52(66)63(49)5)50(64(6)51(47)65)36-13-9-32(10-14-36)44(38(25-55)26-56)46(40(29-59)30-60)34-17-21-42(22-18-34)62(3)4/h7-22H,1-6H3. The molecule has 66 heavy (non-hydrogen) atoms. The van der Waals surface area contributed by atoms with Crippen LogP contribution in [0, 0.1) is 90.6 Å². The lowest BCUT2D eigenvalue weighted by molar-refractivity contribution is -0.123. The van der Waals surface area contributed by atoms with Gasteiger partial charge in [0.25, 0.3) is 11.8 Å². The van der Waals surface area contributed by atoms with Crippen LogP contribution in [0.25, 0.3) is 33.7 Å². The van der Waals surface area contributed by atoms with Gasteiger partial charge in [-0.2, -0.15) is 42.1 Å². The molecule has 0 aromatic heterocycles. The summed E-state index contributed by atoms with van der Waals surface area (Å²) >= 11 is 0. The van der Waals surface area contributed by atoms with Crippen LogP contribution in [0.1, 0.15) is 33.4 Å². The number of hydrogen-bond donors (Lipinski definition) is 0. The van der Waals surface area contributed by atoms with Crippen molar-refractivity contribution < 1.29 is 9.59 Å². The molecule has 2 amide bonds. The minimum Gasteiger partial charge on any atom is -0.378 e. The van der Waals surface area contributed by atoms with E-state index < -0.39 is 11.8 Å². The van der Waals surface area contributed by atoms with Crippen molar-refractivity contribution in [1.29, 1.82) is 42.1 Å². The van der Waals surface area contributed by atoms with Gasteiger partial charge in [-0.15, -0.1) is 0 Å². The Morgan fingerprint density at radius 1 is 0.379 bits per heavy atom. The summed E-state index contributed by atoms with van der Waals surface area (Å²) in [6, 6.07) is 41.9. The van der Waals surface area contributed by atoms with Crippen LogP contribution in [0.5, 0.6) is 0 Å². The van der Waals surface area contributed by atoms with Crippen molar-refractivity contribution in [3.05, 3.63) is 164 Å². The van der Waals surface area contributed by atoms with E-state index in [9.17, 15) is 51.7 Å². The highest BCUT2D eigenvalue weighted by atomic mass is 16.2. The van der Waals surface area contributed by atoms with Crippen molar-refractivity contribution in [3.8, 4) is 48.6 Å². The Balaban J connectivity index is 1.48. The normalized spacial score (nSPS) is 12.2. The number of carbonyl (C=O) groups excluding carboxylic acids is 2. The number of hydrogen-bond acceptors (Lipinski definition) is 12. The highest BCUT2D eigenvalue weighted by molar-refractivity contribution is 6.30. The molecule has 6 rings (SSSR count). The van der Waals surface area contributed by atoms with Gasteiger partial charge in [0, 0.05) is 76.0 Å². The maximum atomic E-state index is 14.2. The Kier molecular flexibility index (Phi) is 12.9. The van der Waals surface area contributed by atoms with Crippen molar-refractivity contribution in [2.24, 2.45) is 0 Å². The van der Waals surface area contributed by atoms with Crippen LogP contribution < -0.4 is 9.80 Å². The maximum Gasteiger partial charge on any atom is 0.261 e. The topological polar surface area (TPSA) is 237 Å². The molecule has 0 N–H and O–H groups in total. The summed E-state index contributed by atoms with van der Waals surface area (Å²) < 4.78 is 0. The second kappa shape index (κ2) is 18.8. The summed E-state index contributed by atoms with van der Waals surface area (Å²) in [6.07, 6.45) is 0. The minimum absolute atomic E-state index is 0.0507. The van der Waals surface area contributed by atoms with E-state index in [1.54, 1.807) is 97.1 Å². The fourth-order valence-electron chi connectivity index (χ4n) is 7.85. The first kappa shape index (κ1) is 45.3. The highest BCUT2D eigenvalue weighted by Gasteiger charge is 2.46. The molecule has 0 spiro atoms. The SMILES string of the molecule is CN1C(=O)C2=C(c3ccc(C(=C(C#N)C#N)C(=C(C#N)C#N)c4ccc(N(C)C)cc4)cc3)N(C)C(=O)C2=C1c1ccc(C(=C(C#N)C#N)C(=C(C#N)C#N)c2ccc(N(C)C)cc2)cc1. The van der Waals surface area contributed by atoms with Crippen LogP contribution in [0.15, 0.2) is 131 Å². The molecule has 4 aromatic carbocycles. The molecular weight excluding hydrogens is 825 g/mol. The van der Waals surface area contributed by atoms with Gasteiger partial charge >= 0.3 is 0 Å². The molecule has 0 aliphatic carbocycles. The average Bonchev–Trinajstić information content (AvgIpc) is 3.74. The van der Waals surface area contributed by atoms with Gasteiger partial charge in [-0.3, -0.25) is 9.59 Å². The molecule has 4 aromatic rings. The van der Waals surface area contributed by atoms with Crippen LogP contribution in [-0.4, -0.2) is 63.9 Å². The molecule has 0 unspecified atom stereocenters. The summed E-state index contributed by atoms with van der Waals surface area (Å²) in [6.45, 7) is 0. The van der Waals surface area contributed by atoms with E-state index in [-0.39, 0.29) is 67.1 Å². The number of fused-ring (bicyclic) bond motifs is 1. The molecule has 14 nitrogen and oxygen atoms in total. The molecule has 0 atom stereocenters. The Hall–Kier alpha value is -10.2. The van der Waals surface area contributed by atoms with Crippen molar-refractivity contribution >= 4 is 56.9 Å². The number of nitriles is 8. The first-order chi connectivity index (χ1) is 31.7. The predicted octanol–water partition coefficient (Wildman–Crippen LogP) is 7.49. The summed E-state index contributed by atoms with van der Waals surface area (Å²) in [5, 5.41) is 80.6. The Bertz CT molecular complexity index is 3020. The van der Waals surface area contributed by atoms with E-state index in [4.69, 9.17) is 0 Å². The van der Waals surface area contributed by atoms with E-state index in [2.05, 4.69) is 0 Å². The number of allylic oxidation sites excluding steroid dienone is 8. The highest BCUT2D eigenvalue weighted by Crippen LogP contribution is 2.46. The van der Waals surface area contributed by atoms with E-state index in [1.807, 2.05) is 86.5 Å². The number of anilines is 2. The fourth-order valence-corrected chi connectivity index (χ4v) is 7.85. The number of rotatable bonds is 10. The third kappa shape index (κ3) is 7.89. The van der Waals surface area contributed by atoms with Gasteiger partial charge in [-0.1, -0.05) is 72.8 Å². The van der Waals surface area contributed by atoms with Crippen LogP contribution in [0.2, 0.25) is 0 Å². The quantitative estimate of drug-likeness (QED) is 0.111. The zero-order valence-corrected chi connectivity index (χ0v) is 36.4. The summed E-state index contributed by atoms with van der Waals surface area (Å²) in [7, 11) is 10.5. The third-order valence-electron chi connectivity index (χ3n) is 11.1. The van der Waals surface area contributed by atoms with Crippen molar-refractivity contribution in [2.45, 2.75) is 0 Å². The molecule has 2 aliphatic rings. The first-order valence-electron chi connectivity index (χ1n) is 19.8. The van der Waals surface area contributed by atoms with Crippen molar-refractivity contribution in [2.75, 3.05) is 52.1 Å². The molecule has 2 aliphatic heterocycles. The Morgan fingerprint density at radius 2 is 0.591 bits per heavy atom. The zero-order chi connectivity index (χ0) is 48.0. The smallest absolute Gasteiger partial charge is 0.261 e. The Morgan fingerprint density at radius 3 is 0.788 bits per heavy atom. The second-order valence-corrected chi connectivity index (χ2v) is 15.1. The number of nitrogens with zero attached hydrogens (tertiary/aromatic N) is 12. The molecule has 0 fully saturated rings. The third-order valence-corrected chi connectivity index (χ3v) is 11.1. The van der Waals surface area contributed by atoms with Gasteiger partial charge in [0.15, 0.2) is 0 Å². The molecule has 0 bridgehead atoms. The largest absolute Gasteiger partial charge is 0.378 e. The average molecular weight is 859 g/mol. The van der Waals surface area contributed by atoms with Gasteiger partial charge in [-0.05, 0) is 57.6 Å². The lowest BCUT2D eigenvalue weighted by atomic mass is 9.85. The zero-order valence-electron chi connectivity index (χ0n) is 36.4. The molecule has 14 heteroatoms. The number of likely N-dealkylation sites (N-methyl/N-ethyl adjacent to an activating group) is 2. The lowest BCUT2D eigenvalue weighted by Crippen LogP contribution is -2.25. The number of amides is 2. The lowest BCUT2D eigenvalue weighted by Gasteiger charge is -2.21. The van der Waals surface area contributed by atoms with Gasteiger partial charge in [0.05, 0.1) is 22.5 Å². The minimum atomic E-state index is -0.479. The molecule has 0 radical (unpaired) electrons. The van der Waals surface area contributed by atoms with Gasteiger partial charge in [0.2, 0.25) is 0 Å². The molecule has 0 saturated carbocycles. The van der Waals surface area contributed by atoms with E-state index in [1.165, 1.54) is 23.9 Å². The van der Waals surface area contributed by atoms with Crippen LogP contribution in [0.4, 0.5) is 11.4 Å². The van der Waals surface area contributed by atoms with Crippen LogP contribution in [0.3, 0.4) is 0 Å². The summed E-state index contributed by atoms with van der Waals surface area (Å²) in [5.41, 5.74) is 3.78. The number of benzene rings is 4. The molecular formula is C52H34N12O2. The van der Waals surface area contributed by atoms with Gasteiger partial charge in [-0.25, -0.2) is 0 Å². The summed E-state index contributed by atoms with van der Waals surface area (Å²) in [4.78, 5) is 34.8. The van der Waals surface area contributed by atoms with E-state index in [0.29, 0.717) is 33.4 Å². The molecule has 2 heterocycles. The van der Waals surface area contributed by atoms with E-state index >= 15 is 0 Å². The Labute approximate surface area is 381 Å². The van der Waals surface area contributed by atoms with E-state index in [0.717, 1.165) is 11.4 Å². The van der Waals surface area contributed by atoms with Crippen molar-refractivity contribution in [3.63, 3.8) is 0 Å². The molecule has 314 valence electrons. The molecule has 0 saturated heterocycles.